The Bertz CT molecular complexity index is 665. The summed E-state index contributed by atoms with van der Waals surface area (Å²) < 4.78 is 0.694. The van der Waals surface area contributed by atoms with Crippen LogP contribution in [0.15, 0.2) is 46.3 Å². The van der Waals surface area contributed by atoms with Gasteiger partial charge in [0, 0.05) is 15.4 Å². The van der Waals surface area contributed by atoms with Crippen molar-refractivity contribution in [3.8, 4) is 0 Å². The highest BCUT2D eigenvalue weighted by Crippen LogP contribution is 2.21. The highest BCUT2D eigenvalue weighted by Gasteiger charge is 2.11. The number of thiophene rings is 1. The number of aromatic carboxylic acids is 1. The van der Waals surface area contributed by atoms with Gasteiger partial charge in [-0.25, -0.2) is 4.79 Å². The van der Waals surface area contributed by atoms with Crippen molar-refractivity contribution >= 4 is 50.9 Å². The molecule has 0 saturated carbocycles. The van der Waals surface area contributed by atoms with Crippen molar-refractivity contribution in [3.05, 3.63) is 56.7 Å². The predicted molar refractivity (Wildman–Crippen MR) is 83.1 cm³/mol. The summed E-state index contributed by atoms with van der Waals surface area (Å²) in [6.45, 7) is 0. The minimum atomic E-state index is -1.09. The van der Waals surface area contributed by atoms with E-state index in [1.807, 2.05) is 17.5 Å². The Morgan fingerprint density at radius 1 is 1.30 bits per heavy atom. The lowest BCUT2D eigenvalue weighted by molar-refractivity contribution is -0.111. The van der Waals surface area contributed by atoms with Gasteiger partial charge in [0.2, 0.25) is 5.91 Å². The van der Waals surface area contributed by atoms with E-state index in [-0.39, 0.29) is 17.2 Å². The fourth-order valence-corrected chi connectivity index (χ4v) is 2.50. The van der Waals surface area contributed by atoms with Crippen molar-refractivity contribution in [2.45, 2.75) is 0 Å². The van der Waals surface area contributed by atoms with Crippen LogP contribution in [0.1, 0.15) is 15.2 Å². The van der Waals surface area contributed by atoms with Gasteiger partial charge in [-0.1, -0.05) is 22.0 Å². The molecule has 0 radical (unpaired) electrons. The largest absolute Gasteiger partial charge is 0.478 e. The average molecular weight is 352 g/mol. The highest BCUT2D eigenvalue weighted by molar-refractivity contribution is 9.10. The van der Waals surface area contributed by atoms with Gasteiger partial charge in [-0.05, 0) is 35.7 Å². The quantitative estimate of drug-likeness (QED) is 0.821. The monoisotopic (exact) mass is 351 g/mol. The second-order valence-electron chi connectivity index (χ2n) is 3.83. The number of carboxylic acid groups (broad SMARTS) is 1. The van der Waals surface area contributed by atoms with Crippen LogP contribution >= 0.6 is 27.3 Å². The van der Waals surface area contributed by atoms with Gasteiger partial charge in [-0.15, -0.1) is 11.3 Å². The summed E-state index contributed by atoms with van der Waals surface area (Å²) in [6.07, 6.45) is 3.05. The summed E-state index contributed by atoms with van der Waals surface area (Å²) in [5.41, 5.74) is 0.304. The molecule has 0 aliphatic rings. The molecule has 1 heterocycles. The van der Waals surface area contributed by atoms with Crippen LogP contribution in [-0.2, 0) is 4.79 Å². The molecule has 4 nitrogen and oxygen atoms in total. The molecular weight excluding hydrogens is 342 g/mol. The Hall–Kier alpha value is -1.92. The van der Waals surface area contributed by atoms with Gasteiger partial charge >= 0.3 is 5.97 Å². The van der Waals surface area contributed by atoms with Crippen molar-refractivity contribution in [3.63, 3.8) is 0 Å². The van der Waals surface area contributed by atoms with E-state index in [1.54, 1.807) is 18.2 Å². The van der Waals surface area contributed by atoms with Crippen molar-refractivity contribution in [2.75, 3.05) is 5.32 Å². The summed E-state index contributed by atoms with van der Waals surface area (Å²) in [5, 5.41) is 13.5. The SMILES string of the molecule is O=C(/C=C/c1cccs1)Nc1cc(Br)ccc1C(=O)O. The first-order valence-corrected chi connectivity index (χ1v) is 7.29. The molecule has 0 aliphatic carbocycles. The number of benzene rings is 1. The number of halogens is 1. The molecule has 1 aromatic heterocycles. The molecule has 0 fully saturated rings. The molecule has 2 aromatic rings. The van der Waals surface area contributed by atoms with E-state index in [2.05, 4.69) is 21.2 Å². The molecule has 1 amide bonds. The fourth-order valence-electron chi connectivity index (χ4n) is 1.52. The average Bonchev–Trinajstić information content (AvgIpc) is 2.89. The Morgan fingerprint density at radius 2 is 2.10 bits per heavy atom. The van der Waals surface area contributed by atoms with E-state index in [0.29, 0.717) is 4.47 Å². The normalized spacial score (nSPS) is 10.7. The van der Waals surface area contributed by atoms with Crippen LogP contribution < -0.4 is 5.32 Å². The molecule has 0 saturated heterocycles. The lowest BCUT2D eigenvalue weighted by Gasteiger charge is -2.07. The number of hydrogen-bond acceptors (Lipinski definition) is 3. The molecule has 2 N–H and O–H groups in total. The van der Waals surface area contributed by atoms with Crippen LogP contribution in [0.3, 0.4) is 0 Å². The smallest absolute Gasteiger partial charge is 0.337 e. The van der Waals surface area contributed by atoms with Crippen LogP contribution in [0.2, 0.25) is 0 Å². The van der Waals surface area contributed by atoms with Crippen molar-refractivity contribution in [1.29, 1.82) is 0 Å². The minimum Gasteiger partial charge on any atom is -0.478 e. The first kappa shape index (κ1) is 14.5. The maximum absolute atomic E-state index is 11.8. The van der Waals surface area contributed by atoms with Gasteiger partial charge in [0.05, 0.1) is 11.3 Å². The number of hydrogen-bond donors (Lipinski definition) is 2. The van der Waals surface area contributed by atoms with Gasteiger partial charge in [0.1, 0.15) is 0 Å². The molecule has 6 heteroatoms. The number of rotatable bonds is 4. The van der Waals surface area contributed by atoms with Gasteiger partial charge in [0.25, 0.3) is 0 Å². The maximum Gasteiger partial charge on any atom is 0.337 e. The molecule has 0 bridgehead atoms. The summed E-state index contributed by atoms with van der Waals surface area (Å²) in [4.78, 5) is 23.8. The number of carboxylic acids is 1. The van der Waals surface area contributed by atoms with Gasteiger partial charge < -0.3 is 10.4 Å². The number of anilines is 1. The third-order valence-electron chi connectivity index (χ3n) is 2.41. The third kappa shape index (κ3) is 3.79. The Balaban J connectivity index is 2.15. The second-order valence-corrected chi connectivity index (χ2v) is 5.73. The van der Waals surface area contributed by atoms with Crippen molar-refractivity contribution < 1.29 is 14.7 Å². The van der Waals surface area contributed by atoms with E-state index in [0.717, 1.165) is 4.88 Å². The van der Waals surface area contributed by atoms with E-state index < -0.39 is 5.97 Å². The topological polar surface area (TPSA) is 66.4 Å². The summed E-state index contributed by atoms with van der Waals surface area (Å²) >= 11 is 4.76. The lowest BCUT2D eigenvalue weighted by atomic mass is 10.2. The second kappa shape index (κ2) is 6.49. The molecule has 2 rings (SSSR count). The highest BCUT2D eigenvalue weighted by atomic mass is 79.9. The Labute approximate surface area is 127 Å². The standard InChI is InChI=1S/C14H10BrNO3S/c15-9-3-5-11(14(18)19)12(8-9)16-13(17)6-4-10-2-1-7-20-10/h1-8H,(H,16,17)(H,18,19)/b6-4+. The summed E-state index contributed by atoms with van der Waals surface area (Å²) in [7, 11) is 0. The fraction of sp³-hybridized carbons (Fsp3) is 0. The van der Waals surface area contributed by atoms with Crippen LogP contribution in [0.5, 0.6) is 0 Å². The zero-order chi connectivity index (χ0) is 14.5. The van der Waals surface area contributed by atoms with Gasteiger partial charge in [0.15, 0.2) is 0 Å². The first-order chi connectivity index (χ1) is 9.56. The maximum atomic E-state index is 11.8. The van der Waals surface area contributed by atoms with E-state index in [9.17, 15) is 9.59 Å². The van der Waals surface area contributed by atoms with E-state index in [1.165, 1.54) is 23.5 Å². The van der Waals surface area contributed by atoms with Gasteiger partial charge in [-0.2, -0.15) is 0 Å². The van der Waals surface area contributed by atoms with E-state index in [4.69, 9.17) is 5.11 Å². The number of nitrogens with one attached hydrogen (secondary N) is 1. The number of carbonyl (C=O) groups is 2. The third-order valence-corrected chi connectivity index (χ3v) is 3.74. The molecule has 20 heavy (non-hydrogen) atoms. The zero-order valence-corrected chi connectivity index (χ0v) is 12.6. The zero-order valence-electron chi connectivity index (χ0n) is 10.2. The first-order valence-electron chi connectivity index (χ1n) is 5.61. The summed E-state index contributed by atoms with van der Waals surface area (Å²) in [6, 6.07) is 8.38. The van der Waals surface area contributed by atoms with Gasteiger partial charge in [-0.3, -0.25) is 4.79 Å². The molecular formula is C14H10BrNO3S. The van der Waals surface area contributed by atoms with Crippen LogP contribution in [0.4, 0.5) is 5.69 Å². The minimum absolute atomic E-state index is 0.0473. The van der Waals surface area contributed by atoms with Crippen LogP contribution in [0.25, 0.3) is 6.08 Å². The molecule has 1 aromatic carbocycles. The van der Waals surface area contributed by atoms with Crippen LogP contribution in [0, 0.1) is 0 Å². The predicted octanol–water partition coefficient (Wildman–Crippen LogP) is 3.86. The van der Waals surface area contributed by atoms with Crippen molar-refractivity contribution in [1.82, 2.24) is 0 Å². The molecule has 0 aliphatic heterocycles. The number of amides is 1. The van der Waals surface area contributed by atoms with E-state index >= 15 is 0 Å². The summed E-state index contributed by atoms with van der Waals surface area (Å²) in [5.74, 6) is -1.46. The number of carbonyl (C=O) groups excluding carboxylic acids is 1. The molecule has 0 spiro atoms. The van der Waals surface area contributed by atoms with Crippen molar-refractivity contribution in [2.24, 2.45) is 0 Å². The Morgan fingerprint density at radius 3 is 2.75 bits per heavy atom. The lowest BCUT2D eigenvalue weighted by Crippen LogP contribution is -2.12. The molecule has 102 valence electrons. The molecule has 0 atom stereocenters. The molecule has 0 unspecified atom stereocenters. The Kier molecular flexibility index (Phi) is 4.70. The van der Waals surface area contributed by atoms with Crippen LogP contribution in [-0.4, -0.2) is 17.0 Å².